The molecule has 1 unspecified atom stereocenters. The van der Waals surface area contributed by atoms with Gasteiger partial charge in [-0.05, 0) is 48.9 Å². The number of nitrogens with one attached hydrogen (secondary N) is 1. The summed E-state index contributed by atoms with van der Waals surface area (Å²) in [7, 11) is 0. The highest BCUT2D eigenvalue weighted by molar-refractivity contribution is 5.94. The molecule has 0 aliphatic carbocycles. The predicted octanol–water partition coefficient (Wildman–Crippen LogP) is 1.53. The van der Waals surface area contributed by atoms with Gasteiger partial charge in [-0.3, -0.25) is 14.8 Å². The van der Waals surface area contributed by atoms with E-state index in [2.05, 4.69) is 0 Å². The fraction of sp³-hybridized carbons (Fsp3) is 0.579. The third kappa shape index (κ3) is 3.05. The summed E-state index contributed by atoms with van der Waals surface area (Å²) in [6.07, 6.45) is 4.02. The Hall–Kier alpha value is -2.12. The average Bonchev–Trinajstić information content (AvgIpc) is 2.97. The summed E-state index contributed by atoms with van der Waals surface area (Å²) >= 11 is 0. The van der Waals surface area contributed by atoms with Crippen molar-refractivity contribution in [2.75, 3.05) is 26.3 Å². The number of hydrogen-bond donors (Lipinski definition) is 2. The highest BCUT2D eigenvalue weighted by atomic mass is 16.5. The summed E-state index contributed by atoms with van der Waals surface area (Å²) in [6, 6.07) is 5.03. The van der Waals surface area contributed by atoms with Gasteiger partial charge in [0.05, 0.1) is 0 Å². The Bertz CT molecular complexity index is 716. The molecule has 0 radical (unpaired) electrons. The number of ether oxygens (including phenoxy) is 2. The Morgan fingerprint density at radius 2 is 2.12 bits per heavy atom. The van der Waals surface area contributed by atoms with E-state index in [1.54, 1.807) is 23.7 Å². The first kappa shape index (κ1) is 17.3. The highest BCUT2D eigenvalue weighted by Crippen LogP contribution is 2.40. The van der Waals surface area contributed by atoms with Crippen LogP contribution in [0.3, 0.4) is 0 Å². The molecule has 4 rings (SSSR count). The SMILES string of the molecule is O=C(NO)c1ccc2c(c1)CCC1(CCN(CC3CCOCC3)C1=O)O2. The quantitative estimate of drug-likeness (QED) is 0.630. The topological polar surface area (TPSA) is 88.1 Å². The number of likely N-dealkylation sites (tertiary alicyclic amines) is 1. The van der Waals surface area contributed by atoms with E-state index >= 15 is 0 Å². The molecule has 7 heteroatoms. The van der Waals surface area contributed by atoms with Gasteiger partial charge in [0.2, 0.25) is 0 Å². The summed E-state index contributed by atoms with van der Waals surface area (Å²) in [5.41, 5.74) is 2.15. The van der Waals surface area contributed by atoms with Crippen LogP contribution in [0.15, 0.2) is 18.2 Å². The zero-order chi connectivity index (χ0) is 18.1. The Kier molecular flexibility index (Phi) is 4.58. The van der Waals surface area contributed by atoms with E-state index in [0.29, 0.717) is 36.5 Å². The Morgan fingerprint density at radius 3 is 2.88 bits per heavy atom. The van der Waals surface area contributed by atoms with Crippen LogP contribution in [0.5, 0.6) is 5.75 Å². The van der Waals surface area contributed by atoms with Gasteiger partial charge >= 0.3 is 0 Å². The zero-order valence-electron chi connectivity index (χ0n) is 14.7. The van der Waals surface area contributed by atoms with Gasteiger partial charge < -0.3 is 14.4 Å². The fourth-order valence-electron chi connectivity index (χ4n) is 4.23. The lowest BCUT2D eigenvalue weighted by atomic mass is 9.89. The number of carbonyl (C=O) groups is 2. The van der Waals surface area contributed by atoms with Gasteiger partial charge in [-0.2, -0.15) is 0 Å². The number of amides is 2. The van der Waals surface area contributed by atoms with Crippen LogP contribution in [0, 0.1) is 5.92 Å². The van der Waals surface area contributed by atoms with Gasteiger partial charge in [0.15, 0.2) is 5.60 Å². The third-order valence-electron chi connectivity index (χ3n) is 5.81. The molecule has 3 aliphatic heterocycles. The monoisotopic (exact) mass is 360 g/mol. The maximum absolute atomic E-state index is 13.1. The van der Waals surface area contributed by atoms with Gasteiger partial charge in [-0.15, -0.1) is 0 Å². The summed E-state index contributed by atoms with van der Waals surface area (Å²) in [4.78, 5) is 26.6. The molecular weight excluding hydrogens is 336 g/mol. The van der Waals surface area contributed by atoms with Gasteiger partial charge in [-0.1, -0.05) is 0 Å². The number of aryl methyl sites for hydroxylation is 1. The molecule has 2 fully saturated rings. The number of hydrogen-bond acceptors (Lipinski definition) is 5. The van der Waals surface area contributed by atoms with Crippen molar-refractivity contribution < 1.29 is 24.3 Å². The first-order valence-corrected chi connectivity index (χ1v) is 9.25. The second kappa shape index (κ2) is 6.89. The summed E-state index contributed by atoms with van der Waals surface area (Å²) in [5, 5.41) is 8.77. The predicted molar refractivity (Wildman–Crippen MR) is 92.1 cm³/mol. The molecule has 0 saturated carbocycles. The molecule has 1 aromatic rings. The average molecular weight is 360 g/mol. The first-order chi connectivity index (χ1) is 12.6. The number of hydroxylamine groups is 1. The molecule has 3 aliphatic rings. The number of nitrogens with zero attached hydrogens (tertiary/aromatic N) is 1. The molecular formula is C19H24N2O5. The second-order valence-corrected chi connectivity index (χ2v) is 7.42. The van der Waals surface area contributed by atoms with Gasteiger partial charge in [0, 0.05) is 44.7 Å². The van der Waals surface area contributed by atoms with Crippen molar-refractivity contribution in [3.8, 4) is 5.75 Å². The van der Waals surface area contributed by atoms with Crippen molar-refractivity contribution >= 4 is 11.8 Å². The summed E-state index contributed by atoms with van der Waals surface area (Å²) in [5.74, 6) is 0.713. The van der Waals surface area contributed by atoms with Crippen LogP contribution in [-0.4, -0.2) is 53.8 Å². The number of benzene rings is 1. The highest BCUT2D eigenvalue weighted by Gasteiger charge is 2.50. The second-order valence-electron chi connectivity index (χ2n) is 7.42. The fourth-order valence-corrected chi connectivity index (χ4v) is 4.23. The molecule has 7 nitrogen and oxygen atoms in total. The molecule has 26 heavy (non-hydrogen) atoms. The molecule has 0 bridgehead atoms. The van der Waals surface area contributed by atoms with Gasteiger partial charge in [0.25, 0.3) is 11.8 Å². The minimum Gasteiger partial charge on any atom is -0.477 e. The van der Waals surface area contributed by atoms with Crippen molar-refractivity contribution in [1.29, 1.82) is 0 Å². The maximum Gasteiger partial charge on any atom is 0.274 e. The van der Waals surface area contributed by atoms with Crippen molar-refractivity contribution in [3.63, 3.8) is 0 Å². The van der Waals surface area contributed by atoms with Crippen LogP contribution in [0.2, 0.25) is 0 Å². The normalized spacial score (nSPS) is 25.9. The number of fused-ring (bicyclic) bond motifs is 1. The zero-order valence-corrected chi connectivity index (χ0v) is 14.7. The number of rotatable bonds is 3. The molecule has 1 aromatic carbocycles. The summed E-state index contributed by atoms with van der Waals surface area (Å²) in [6.45, 7) is 3.09. The Morgan fingerprint density at radius 1 is 1.31 bits per heavy atom. The third-order valence-corrected chi connectivity index (χ3v) is 5.81. The van der Waals surface area contributed by atoms with E-state index in [9.17, 15) is 9.59 Å². The molecule has 1 atom stereocenters. The van der Waals surface area contributed by atoms with Crippen LogP contribution in [-0.2, 0) is 16.0 Å². The van der Waals surface area contributed by atoms with Crippen LogP contribution in [0.1, 0.15) is 41.6 Å². The first-order valence-electron chi connectivity index (χ1n) is 9.25. The Labute approximate surface area is 152 Å². The van der Waals surface area contributed by atoms with Gasteiger partial charge in [0.1, 0.15) is 5.75 Å². The van der Waals surface area contributed by atoms with E-state index in [1.165, 1.54) is 0 Å². The van der Waals surface area contributed by atoms with Gasteiger partial charge in [-0.25, -0.2) is 5.48 Å². The minimum absolute atomic E-state index is 0.0896. The van der Waals surface area contributed by atoms with Crippen LogP contribution < -0.4 is 10.2 Å². The molecule has 0 aromatic heterocycles. The largest absolute Gasteiger partial charge is 0.477 e. The van der Waals surface area contributed by atoms with Crippen LogP contribution in [0.25, 0.3) is 0 Å². The lowest BCUT2D eigenvalue weighted by Gasteiger charge is -2.35. The van der Waals surface area contributed by atoms with E-state index in [0.717, 1.165) is 44.7 Å². The van der Waals surface area contributed by atoms with Crippen LogP contribution in [0.4, 0.5) is 0 Å². The number of carbonyl (C=O) groups excluding carboxylic acids is 2. The van der Waals surface area contributed by atoms with E-state index in [4.69, 9.17) is 14.7 Å². The molecule has 2 amide bonds. The van der Waals surface area contributed by atoms with E-state index < -0.39 is 11.5 Å². The van der Waals surface area contributed by atoms with Crippen molar-refractivity contribution in [1.82, 2.24) is 10.4 Å². The van der Waals surface area contributed by atoms with E-state index in [1.807, 2.05) is 4.90 Å². The molecule has 3 heterocycles. The smallest absolute Gasteiger partial charge is 0.274 e. The maximum atomic E-state index is 13.1. The summed E-state index contributed by atoms with van der Waals surface area (Å²) < 4.78 is 11.6. The molecule has 2 N–H and O–H groups in total. The standard InChI is InChI=1S/C19H24N2O5/c22-17(20-24)15-1-2-16-14(11-15)3-6-19(26-16)7-8-21(18(19)23)12-13-4-9-25-10-5-13/h1-2,11,13,24H,3-10,12H2,(H,20,22). The molecule has 140 valence electrons. The van der Waals surface area contributed by atoms with E-state index in [-0.39, 0.29) is 5.91 Å². The Balaban J connectivity index is 1.47. The molecule has 1 spiro atoms. The van der Waals surface area contributed by atoms with Crippen molar-refractivity contribution in [2.45, 2.75) is 37.7 Å². The van der Waals surface area contributed by atoms with Crippen molar-refractivity contribution in [3.05, 3.63) is 29.3 Å². The molecule has 2 saturated heterocycles. The van der Waals surface area contributed by atoms with Crippen molar-refractivity contribution in [2.24, 2.45) is 5.92 Å². The lowest BCUT2D eigenvalue weighted by Crippen LogP contribution is -2.48. The van der Waals surface area contributed by atoms with Crippen LogP contribution >= 0.6 is 0 Å². The lowest BCUT2D eigenvalue weighted by molar-refractivity contribution is -0.142. The minimum atomic E-state index is -0.765.